The second-order valence-electron chi connectivity index (χ2n) is 4.00. The summed E-state index contributed by atoms with van der Waals surface area (Å²) in [4.78, 5) is 22.7. The lowest BCUT2D eigenvalue weighted by Gasteiger charge is -2.05. The molecule has 1 aliphatic rings. The van der Waals surface area contributed by atoms with Gasteiger partial charge in [-0.15, -0.1) is 0 Å². The zero-order chi connectivity index (χ0) is 10.2. The minimum atomic E-state index is -0.404. The van der Waals surface area contributed by atoms with Gasteiger partial charge in [0.15, 0.2) is 0 Å². The largest absolute Gasteiger partial charge is 0.402 e. The van der Waals surface area contributed by atoms with E-state index in [9.17, 15) is 9.59 Å². The van der Waals surface area contributed by atoms with Crippen molar-refractivity contribution < 1.29 is 9.59 Å². The molecule has 1 aliphatic carbocycles. The number of rotatable bonds is 3. The van der Waals surface area contributed by atoms with Gasteiger partial charge in [0.25, 0.3) is 0 Å². The molecule has 1 amide bonds. The molecule has 1 rings (SSSR count). The van der Waals surface area contributed by atoms with E-state index in [1.165, 1.54) is 0 Å². The van der Waals surface area contributed by atoms with Gasteiger partial charge in [-0.3, -0.25) is 9.59 Å². The van der Waals surface area contributed by atoms with Crippen LogP contribution in [0.5, 0.6) is 0 Å². The van der Waals surface area contributed by atoms with Gasteiger partial charge in [0.05, 0.1) is 5.92 Å². The zero-order valence-corrected chi connectivity index (χ0v) is 8.68. The van der Waals surface area contributed by atoms with Crippen LogP contribution in [0.2, 0.25) is 6.82 Å². The van der Waals surface area contributed by atoms with Crippen molar-refractivity contribution in [1.29, 1.82) is 0 Å². The van der Waals surface area contributed by atoms with E-state index in [4.69, 9.17) is 0 Å². The molecule has 0 bridgehead atoms. The van der Waals surface area contributed by atoms with Crippen LogP contribution >= 0.6 is 0 Å². The highest BCUT2D eigenvalue weighted by Crippen LogP contribution is 2.58. The van der Waals surface area contributed by atoms with Crippen molar-refractivity contribution in [2.24, 2.45) is 17.3 Å². The van der Waals surface area contributed by atoms with Crippen LogP contribution in [-0.2, 0) is 9.59 Å². The summed E-state index contributed by atoms with van der Waals surface area (Å²) in [5, 5.41) is 2.76. The number of ketones is 1. The molecule has 0 aromatic rings. The van der Waals surface area contributed by atoms with Crippen LogP contribution in [0.3, 0.4) is 0 Å². The smallest absolute Gasteiger partial charge is 0.232 e. The van der Waals surface area contributed by atoms with E-state index in [1.54, 1.807) is 6.92 Å². The van der Waals surface area contributed by atoms with Gasteiger partial charge in [-0.25, -0.2) is 0 Å². The Labute approximate surface area is 79.5 Å². The van der Waals surface area contributed by atoms with Crippen molar-refractivity contribution in [3.63, 3.8) is 0 Å². The molecular formula is C9H16BNO2. The summed E-state index contributed by atoms with van der Waals surface area (Å²) in [6.07, 6.45) is 0. The number of Topliss-reactive ketones (excluding diaryl/α,β-unsaturated/α-hetero) is 1. The predicted molar refractivity (Wildman–Crippen MR) is 52.6 cm³/mol. The Morgan fingerprint density at radius 2 is 2.00 bits per heavy atom. The van der Waals surface area contributed by atoms with Gasteiger partial charge >= 0.3 is 0 Å². The average molecular weight is 181 g/mol. The third kappa shape index (κ3) is 1.38. The third-order valence-electron chi connectivity index (χ3n) is 3.37. The predicted octanol–water partition coefficient (Wildman–Crippen LogP) is 0.363. The molecule has 0 aromatic carbocycles. The van der Waals surface area contributed by atoms with E-state index in [0.29, 0.717) is 7.41 Å². The van der Waals surface area contributed by atoms with Gasteiger partial charge < -0.3 is 5.23 Å². The van der Waals surface area contributed by atoms with Crippen LogP contribution in [0.15, 0.2) is 0 Å². The highest BCUT2D eigenvalue weighted by molar-refractivity contribution is 6.35. The van der Waals surface area contributed by atoms with Crippen LogP contribution in [0.4, 0.5) is 0 Å². The maximum absolute atomic E-state index is 11.5. The third-order valence-corrected chi connectivity index (χ3v) is 3.37. The first kappa shape index (κ1) is 10.3. The van der Waals surface area contributed by atoms with Crippen molar-refractivity contribution in [2.45, 2.75) is 27.6 Å². The Kier molecular flexibility index (Phi) is 2.50. The van der Waals surface area contributed by atoms with Crippen molar-refractivity contribution in [3.8, 4) is 0 Å². The molecule has 1 unspecified atom stereocenters. The van der Waals surface area contributed by atoms with Crippen LogP contribution in [0, 0.1) is 17.3 Å². The highest BCUT2D eigenvalue weighted by atomic mass is 16.2. The van der Waals surface area contributed by atoms with Crippen LogP contribution < -0.4 is 5.23 Å². The van der Waals surface area contributed by atoms with Crippen molar-refractivity contribution in [1.82, 2.24) is 5.23 Å². The normalized spacial score (nSPS) is 36.6. The van der Waals surface area contributed by atoms with E-state index in [-0.39, 0.29) is 23.5 Å². The Bertz CT molecular complexity index is 254. The molecule has 0 saturated heterocycles. The molecule has 72 valence electrons. The highest BCUT2D eigenvalue weighted by Gasteiger charge is 2.64. The van der Waals surface area contributed by atoms with E-state index in [1.807, 2.05) is 20.7 Å². The second-order valence-corrected chi connectivity index (χ2v) is 4.00. The summed E-state index contributed by atoms with van der Waals surface area (Å²) in [5.41, 5.74) is -0.404. The van der Waals surface area contributed by atoms with Crippen molar-refractivity contribution in [2.75, 3.05) is 0 Å². The number of carbonyl (C=O) groups excluding carboxylic acids is 2. The van der Waals surface area contributed by atoms with Gasteiger partial charge in [0, 0.05) is 5.41 Å². The maximum atomic E-state index is 11.5. The molecule has 0 spiro atoms. The molecule has 0 aliphatic heterocycles. The number of nitrogens with one attached hydrogen (secondary N) is 1. The fourth-order valence-corrected chi connectivity index (χ4v) is 2.05. The van der Waals surface area contributed by atoms with E-state index < -0.39 is 5.41 Å². The number of hydrogen-bond acceptors (Lipinski definition) is 2. The lowest BCUT2D eigenvalue weighted by atomic mass is 9.97. The van der Waals surface area contributed by atoms with Crippen LogP contribution in [-0.4, -0.2) is 19.1 Å². The first-order chi connectivity index (χ1) is 5.96. The average Bonchev–Trinajstić information content (AvgIpc) is 2.57. The summed E-state index contributed by atoms with van der Waals surface area (Å²) in [5.74, 6) is 0.227. The standard InChI is InChI=1S/C9H16BNO2/c1-5-7(8(13)11-10-4)9(5,3)6(2)12/h5,7,10H,1-4H3,(H,11,13)/t5?,7-,9+/m1/s1. The molecule has 4 heteroatoms. The second kappa shape index (κ2) is 3.16. The maximum Gasteiger partial charge on any atom is 0.232 e. The first-order valence-electron chi connectivity index (χ1n) is 4.75. The van der Waals surface area contributed by atoms with Crippen LogP contribution in [0.25, 0.3) is 0 Å². The molecule has 1 fully saturated rings. The molecule has 3 atom stereocenters. The topological polar surface area (TPSA) is 46.2 Å². The molecule has 1 saturated carbocycles. The van der Waals surface area contributed by atoms with Crippen molar-refractivity contribution in [3.05, 3.63) is 0 Å². The molecule has 3 nitrogen and oxygen atoms in total. The Morgan fingerprint density at radius 1 is 1.46 bits per heavy atom. The molecule has 1 N–H and O–H groups in total. The summed E-state index contributed by atoms with van der Waals surface area (Å²) >= 11 is 0. The quantitative estimate of drug-likeness (QED) is 0.639. The fraction of sp³-hybridized carbons (Fsp3) is 0.778. The summed E-state index contributed by atoms with van der Waals surface area (Å²) in [6, 6.07) is 0. The van der Waals surface area contributed by atoms with Gasteiger partial charge in [0.1, 0.15) is 5.78 Å². The van der Waals surface area contributed by atoms with Gasteiger partial charge in [0.2, 0.25) is 13.3 Å². The lowest BCUT2D eigenvalue weighted by Crippen LogP contribution is -2.30. The molecular weight excluding hydrogens is 165 g/mol. The Hall–Kier alpha value is -0.795. The monoisotopic (exact) mass is 181 g/mol. The SMILES string of the molecule is CBNC(=O)[C@H]1C(C)[C@@]1(C)C(C)=O. The van der Waals surface area contributed by atoms with Crippen molar-refractivity contribution >= 4 is 19.1 Å². The van der Waals surface area contributed by atoms with E-state index in [2.05, 4.69) is 5.23 Å². The van der Waals surface area contributed by atoms with Gasteiger partial charge in [-0.2, -0.15) is 0 Å². The molecule has 0 aromatic heterocycles. The lowest BCUT2D eigenvalue weighted by molar-refractivity contribution is -0.127. The Morgan fingerprint density at radius 3 is 2.31 bits per heavy atom. The number of hydrogen-bond donors (Lipinski definition) is 1. The molecule has 13 heavy (non-hydrogen) atoms. The van der Waals surface area contributed by atoms with Crippen LogP contribution in [0.1, 0.15) is 20.8 Å². The Balaban J connectivity index is 2.67. The molecule has 0 heterocycles. The number of amides is 1. The van der Waals surface area contributed by atoms with Gasteiger partial charge in [-0.1, -0.05) is 20.7 Å². The van der Waals surface area contributed by atoms with E-state index >= 15 is 0 Å². The fourth-order valence-electron chi connectivity index (χ4n) is 2.05. The summed E-state index contributed by atoms with van der Waals surface area (Å²) < 4.78 is 0. The van der Waals surface area contributed by atoms with Gasteiger partial charge in [-0.05, 0) is 12.8 Å². The molecule has 0 radical (unpaired) electrons. The zero-order valence-electron chi connectivity index (χ0n) is 8.68. The summed E-state index contributed by atoms with van der Waals surface area (Å²) in [7, 11) is 0.635. The summed E-state index contributed by atoms with van der Waals surface area (Å²) in [6.45, 7) is 7.28. The minimum absolute atomic E-state index is 0.0210. The van der Waals surface area contributed by atoms with E-state index in [0.717, 1.165) is 0 Å². The minimum Gasteiger partial charge on any atom is -0.402 e. The first-order valence-corrected chi connectivity index (χ1v) is 4.75. The number of carbonyl (C=O) groups is 2.